The van der Waals surface area contributed by atoms with Gasteiger partial charge in [-0.2, -0.15) is 4.76 Å². The average molecular weight is 537 g/mol. The summed E-state index contributed by atoms with van der Waals surface area (Å²) in [5.74, 6) is -0.750. The molecule has 2 aromatic rings. The van der Waals surface area contributed by atoms with Gasteiger partial charge in [0.25, 0.3) is 5.91 Å². The van der Waals surface area contributed by atoms with Crippen LogP contribution in [-0.4, -0.2) is 49.1 Å². The van der Waals surface area contributed by atoms with Gasteiger partial charge in [-0.05, 0) is 36.6 Å². The van der Waals surface area contributed by atoms with Crippen molar-refractivity contribution in [2.45, 2.75) is 40.3 Å². The summed E-state index contributed by atoms with van der Waals surface area (Å²) in [6.07, 6.45) is 4.04. The maximum absolute atomic E-state index is 13.9. The van der Waals surface area contributed by atoms with Gasteiger partial charge < -0.3 is 24.3 Å². The lowest BCUT2D eigenvalue weighted by molar-refractivity contribution is -0.129. The van der Waals surface area contributed by atoms with E-state index in [1.165, 1.54) is 35.6 Å². The van der Waals surface area contributed by atoms with E-state index in [4.69, 9.17) is 8.94 Å². The molecule has 0 bridgehead atoms. The number of anilines is 2. The highest BCUT2D eigenvalue weighted by Gasteiger charge is 2.48. The second-order valence-electron chi connectivity index (χ2n) is 9.71. The predicted octanol–water partition coefficient (Wildman–Crippen LogP) is 3.60. The Labute approximate surface area is 209 Å². The molecule has 3 N–H and O–H groups in total. The van der Waals surface area contributed by atoms with Gasteiger partial charge in [-0.1, -0.05) is 20.8 Å². The monoisotopic (exact) mass is 536 g/mol. The van der Waals surface area contributed by atoms with Crippen molar-refractivity contribution < 1.29 is 31.8 Å². The van der Waals surface area contributed by atoms with E-state index < -0.39 is 34.9 Å². The Morgan fingerprint density at radius 3 is 2.61 bits per heavy atom. The summed E-state index contributed by atoms with van der Waals surface area (Å²) in [6, 6.07) is 5.45. The molecule has 2 atom stereocenters. The zero-order chi connectivity index (χ0) is 26.5. The molecule has 0 saturated heterocycles. The number of fused-ring (bicyclic) bond motifs is 1. The van der Waals surface area contributed by atoms with Crippen LogP contribution in [0.2, 0.25) is 0 Å². The lowest BCUT2D eigenvalue weighted by Gasteiger charge is -2.35. The number of rotatable bonds is 7. The van der Waals surface area contributed by atoms with E-state index in [-0.39, 0.29) is 41.3 Å². The van der Waals surface area contributed by atoms with Crippen LogP contribution in [0, 0.1) is 5.41 Å². The van der Waals surface area contributed by atoms with Crippen LogP contribution in [-0.2, 0) is 30.5 Å². The predicted molar refractivity (Wildman–Crippen MR) is 137 cm³/mol. The molecule has 4 rings (SSSR count). The van der Waals surface area contributed by atoms with Crippen molar-refractivity contribution in [2.24, 2.45) is 10.2 Å². The van der Waals surface area contributed by atoms with Crippen LogP contribution < -0.4 is 15.3 Å². The highest BCUT2D eigenvalue weighted by atomic mass is 32.2. The molecule has 0 aliphatic carbocycles. The molecule has 11 nitrogen and oxygen atoms in total. The Hall–Kier alpha value is -3.08. The van der Waals surface area contributed by atoms with Crippen LogP contribution in [0.4, 0.5) is 11.4 Å². The largest absolute Gasteiger partial charge is 0.509 e. The van der Waals surface area contributed by atoms with E-state index in [0.717, 1.165) is 11.8 Å². The number of sulfonamides is 1. The Morgan fingerprint density at radius 2 is 2.03 bits per heavy atom. The second-order valence-corrected chi connectivity index (χ2v) is 13.4. The molecule has 0 fully saturated rings. The molecular weight excluding hydrogens is 507 g/mol. The third-order valence-electron chi connectivity index (χ3n) is 5.69. The number of aliphatic hydroxyl groups is 1. The molecule has 13 heteroatoms. The van der Waals surface area contributed by atoms with Crippen LogP contribution in [0.1, 0.15) is 33.3 Å². The number of nitrogens with one attached hydrogen (secondary N) is 2. The van der Waals surface area contributed by atoms with Gasteiger partial charge in [0.2, 0.25) is 10.0 Å². The van der Waals surface area contributed by atoms with Crippen LogP contribution in [0.25, 0.3) is 0 Å². The minimum absolute atomic E-state index is 0.0490. The van der Waals surface area contributed by atoms with E-state index >= 15 is 0 Å². The van der Waals surface area contributed by atoms with E-state index in [1.807, 2.05) is 20.8 Å². The molecule has 2 unspecified atom stereocenters. The molecule has 36 heavy (non-hydrogen) atoms. The quantitative estimate of drug-likeness (QED) is 0.454. The number of furan rings is 1. The fourth-order valence-electron chi connectivity index (χ4n) is 4.37. The van der Waals surface area contributed by atoms with E-state index in [9.17, 15) is 22.9 Å². The van der Waals surface area contributed by atoms with Crippen molar-refractivity contribution in [2.75, 3.05) is 22.9 Å². The third-order valence-corrected chi connectivity index (χ3v) is 8.34. The van der Waals surface area contributed by atoms with Gasteiger partial charge in [0.1, 0.15) is 11.3 Å². The molecule has 1 aromatic heterocycles. The highest BCUT2D eigenvalue weighted by molar-refractivity contribution is 7.92. The molecule has 1 aromatic carbocycles. The van der Waals surface area contributed by atoms with Crippen molar-refractivity contribution in [3.63, 3.8) is 0 Å². The van der Waals surface area contributed by atoms with E-state index in [0.29, 0.717) is 5.69 Å². The molecule has 0 radical (unpaired) electrons. The Kier molecular flexibility index (Phi) is 6.57. The number of hydrogen-bond acceptors (Lipinski definition) is 8. The number of carbonyl (C=O) groups is 1. The Morgan fingerprint density at radius 1 is 1.31 bits per heavy atom. The van der Waals surface area contributed by atoms with Gasteiger partial charge in [0, 0.05) is 17.8 Å². The number of aliphatic hydroxyl groups excluding tert-OH is 1. The van der Waals surface area contributed by atoms with Gasteiger partial charge >= 0.3 is 7.52 Å². The zero-order valence-electron chi connectivity index (χ0n) is 20.6. The molecule has 194 valence electrons. The molecule has 2 aliphatic rings. The summed E-state index contributed by atoms with van der Waals surface area (Å²) in [6.45, 7) is 7.60. The normalized spacial score (nSPS) is 22.4. The van der Waals surface area contributed by atoms with Crippen LogP contribution in [0.15, 0.2) is 57.3 Å². The lowest BCUT2D eigenvalue weighted by atomic mass is 9.85. The second kappa shape index (κ2) is 9.10. The first-order valence-electron chi connectivity index (χ1n) is 11.2. The first-order valence-corrected chi connectivity index (χ1v) is 14.7. The number of hydrogen-bond donors (Lipinski definition) is 3. The molecule has 0 saturated carbocycles. The topological polar surface area (TPSA) is 151 Å². The number of amides is 1. The summed E-state index contributed by atoms with van der Waals surface area (Å²) in [5, 5.41) is 14.4. The smallest absolute Gasteiger partial charge is 0.348 e. The van der Waals surface area contributed by atoms with Gasteiger partial charge in [0.05, 0.1) is 42.4 Å². The summed E-state index contributed by atoms with van der Waals surface area (Å²) >= 11 is 0. The third kappa shape index (κ3) is 4.93. The van der Waals surface area contributed by atoms with Crippen molar-refractivity contribution in [1.29, 1.82) is 0 Å². The minimum atomic E-state index is -3.93. The SMILES string of the molecule is CCOP1(=O)N=C(C2=C(O)C(C(C)(C)C)N(Cc3ccoc3)C2=O)Nc2ccc(NS(C)(=O)=O)cc21. The van der Waals surface area contributed by atoms with E-state index in [1.54, 1.807) is 13.0 Å². The van der Waals surface area contributed by atoms with Crippen molar-refractivity contribution >= 4 is 46.0 Å². The van der Waals surface area contributed by atoms with Gasteiger partial charge in [-0.3, -0.25) is 14.1 Å². The standard InChI is InChI=1S/C23H29N4O7PS/c1-6-34-35(30)17-11-15(26-36(5,31)32)7-8-16(17)24-21(25-35)18-19(28)20(23(2,3)4)27(22(18)29)12-14-9-10-33-13-14/h7-11,13,20,26,28H,6,12H2,1-5H3,(H,24,25,30). The van der Waals surface area contributed by atoms with Gasteiger partial charge in [-0.25, -0.2) is 8.42 Å². The summed E-state index contributed by atoms with van der Waals surface area (Å²) in [7, 11) is -7.51. The number of benzene rings is 1. The van der Waals surface area contributed by atoms with Crippen molar-refractivity contribution in [3.8, 4) is 0 Å². The van der Waals surface area contributed by atoms with Gasteiger partial charge in [-0.15, -0.1) is 0 Å². The molecule has 3 heterocycles. The molecule has 2 aliphatic heterocycles. The summed E-state index contributed by atoms with van der Waals surface area (Å²) in [4.78, 5) is 15.2. The fraction of sp³-hybridized carbons (Fsp3) is 0.391. The summed E-state index contributed by atoms with van der Waals surface area (Å²) in [5.41, 5.74) is 0.636. The average Bonchev–Trinajstić information content (AvgIpc) is 3.33. The van der Waals surface area contributed by atoms with Crippen LogP contribution in [0.3, 0.4) is 0 Å². The Bertz CT molecular complexity index is 1410. The maximum Gasteiger partial charge on any atom is 0.348 e. The first kappa shape index (κ1) is 26.0. The van der Waals surface area contributed by atoms with Crippen LogP contribution >= 0.6 is 7.52 Å². The van der Waals surface area contributed by atoms with Crippen molar-refractivity contribution in [1.82, 2.24) is 4.90 Å². The van der Waals surface area contributed by atoms with Gasteiger partial charge in [0.15, 0.2) is 5.84 Å². The number of amidine groups is 1. The number of nitrogens with zero attached hydrogens (tertiary/aromatic N) is 2. The minimum Gasteiger partial charge on any atom is -0.509 e. The summed E-state index contributed by atoms with van der Waals surface area (Å²) < 4.78 is 54.6. The van der Waals surface area contributed by atoms with Crippen molar-refractivity contribution in [3.05, 3.63) is 53.7 Å². The molecule has 0 spiro atoms. The van der Waals surface area contributed by atoms with Crippen LogP contribution in [0.5, 0.6) is 0 Å². The molecular formula is C23H29N4O7PS. The Balaban J connectivity index is 1.80. The highest BCUT2D eigenvalue weighted by Crippen LogP contribution is 2.53. The fourth-order valence-corrected chi connectivity index (χ4v) is 6.73. The zero-order valence-corrected chi connectivity index (χ0v) is 22.3. The maximum atomic E-state index is 13.9. The first-order chi connectivity index (χ1) is 16.7. The van der Waals surface area contributed by atoms with E-state index in [2.05, 4.69) is 14.8 Å². The number of carbonyl (C=O) groups excluding carboxylic acids is 1. The molecule has 1 amide bonds. The lowest BCUT2D eigenvalue weighted by Crippen LogP contribution is -2.43.